The van der Waals surface area contributed by atoms with Crippen LogP contribution in [0.25, 0.3) is 5.52 Å². The van der Waals surface area contributed by atoms with Gasteiger partial charge in [0.25, 0.3) is 0 Å². The highest BCUT2D eigenvalue weighted by Gasteiger charge is 2.01. The summed E-state index contributed by atoms with van der Waals surface area (Å²) in [5.41, 5.74) is 1.39. The molecule has 0 aliphatic heterocycles. The maximum absolute atomic E-state index is 6.92. The van der Waals surface area contributed by atoms with Crippen LogP contribution in [-0.2, 0) is 0 Å². The van der Waals surface area contributed by atoms with Crippen molar-refractivity contribution in [2.75, 3.05) is 0 Å². The fourth-order valence-electron chi connectivity index (χ4n) is 0.871. The van der Waals surface area contributed by atoms with Crippen LogP contribution in [0.4, 0.5) is 0 Å². The van der Waals surface area contributed by atoms with Gasteiger partial charge in [-0.1, -0.05) is 5.16 Å². The fourth-order valence-corrected chi connectivity index (χ4v) is 0.871. The number of nitrogens with one attached hydrogen (secondary N) is 1. The van der Waals surface area contributed by atoms with Crippen LogP contribution in [0.15, 0.2) is 23.0 Å². The van der Waals surface area contributed by atoms with Gasteiger partial charge in [-0.15, -0.1) is 0 Å². The van der Waals surface area contributed by atoms with E-state index in [4.69, 9.17) is 10.0 Å². The number of rotatable bonds is 1. The molecular weight excluding hydrogens is 130 g/mol. The van der Waals surface area contributed by atoms with E-state index in [0.717, 1.165) is 5.52 Å². The summed E-state index contributed by atoms with van der Waals surface area (Å²) >= 11 is 0. The Bertz CT molecular complexity index is 360. The SMILES string of the molecule is N=Cc1non2cccc12. The van der Waals surface area contributed by atoms with Gasteiger partial charge >= 0.3 is 0 Å². The first kappa shape index (κ1) is 5.22. The maximum Gasteiger partial charge on any atom is 0.150 e. The minimum absolute atomic E-state index is 0.560. The molecule has 0 unspecified atom stereocenters. The molecule has 2 aromatic rings. The summed E-state index contributed by atoms with van der Waals surface area (Å²) in [5, 5.41) is 10.5. The summed E-state index contributed by atoms with van der Waals surface area (Å²) in [6.45, 7) is 0. The van der Waals surface area contributed by atoms with E-state index in [-0.39, 0.29) is 0 Å². The van der Waals surface area contributed by atoms with Crippen molar-refractivity contribution >= 4 is 11.7 Å². The van der Waals surface area contributed by atoms with E-state index < -0.39 is 0 Å². The van der Waals surface area contributed by atoms with Crippen LogP contribution in [0.2, 0.25) is 0 Å². The lowest BCUT2D eigenvalue weighted by Gasteiger charge is -1.74. The molecular formula is C6H5N3O. The average Bonchev–Trinajstić information content (AvgIpc) is 2.44. The Hall–Kier alpha value is -1.58. The van der Waals surface area contributed by atoms with Gasteiger partial charge in [-0.2, -0.15) is 4.57 Å². The summed E-state index contributed by atoms with van der Waals surface area (Å²) in [5.74, 6) is 0. The largest absolute Gasteiger partial charge is 0.306 e. The predicted molar refractivity (Wildman–Crippen MR) is 35.3 cm³/mol. The van der Waals surface area contributed by atoms with E-state index >= 15 is 0 Å². The highest BCUT2D eigenvalue weighted by molar-refractivity contribution is 5.84. The van der Waals surface area contributed by atoms with Crippen molar-refractivity contribution in [3.63, 3.8) is 0 Å². The van der Waals surface area contributed by atoms with Crippen molar-refractivity contribution in [3.05, 3.63) is 24.0 Å². The number of fused-ring (bicyclic) bond motifs is 1. The highest BCUT2D eigenvalue weighted by atomic mass is 16.6. The molecule has 2 aromatic heterocycles. The second-order valence-electron chi connectivity index (χ2n) is 1.92. The Morgan fingerprint density at radius 3 is 3.40 bits per heavy atom. The lowest BCUT2D eigenvalue weighted by molar-refractivity contribution is 0.273. The molecule has 4 heteroatoms. The summed E-state index contributed by atoms with van der Waals surface area (Å²) in [6.07, 6.45) is 2.91. The molecule has 0 saturated carbocycles. The molecule has 4 nitrogen and oxygen atoms in total. The van der Waals surface area contributed by atoms with Gasteiger partial charge in [-0.05, 0) is 12.1 Å². The number of nitrogens with zero attached hydrogens (tertiary/aromatic N) is 2. The molecule has 2 rings (SSSR count). The van der Waals surface area contributed by atoms with E-state index in [1.54, 1.807) is 6.20 Å². The van der Waals surface area contributed by atoms with Gasteiger partial charge in [0.05, 0.1) is 0 Å². The summed E-state index contributed by atoms with van der Waals surface area (Å²) in [7, 11) is 0. The Balaban J connectivity index is 2.88. The van der Waals surface area contributed by atoms with Crippen LogP contribution in [0.3, 0.4) is 0 Å². The predicted octanol–water partition coefficient (Wildman–Crippen LogP) is 0.925. The lowest BCUT2D eigenvalue weighted by Crippen LogP contribution is -1.76. The third-order valence-corrected chi connectivity index (χ3v) is 1.34. The topological polar surface area (TPSA) is 54.3 Å². The number of aromatic nitrogens is 2. The molecule has 0 bridgehead atoms. The summed E-state index contributed by atoms with van der Waals surface area (Å²) in [6, 6.07) is 3.68. The zero-order chi connectivity index (χ0) is 6.97. The molecule has 50 valence electrons. The smallest absolute Gasteiger partial charge is 0.150 e. The summed E-state index contributed by atoms with van der Waals surface area (Å²) in [4.78, 5) is 0. The van der Waals surface area contributed by atoms with Gasteiger partial charge in [-0.25, -0.2) is 0 Å². The first-order valence-electron chi connectivity index (χ1n) is 2.85. The quantitative estimate of drug-likeness (QED) is 0.591. The molecule has 0 aromatic carbocycles. The normalized spacial score (nSPS) is 10.4. The van der Waals surface area contributed by atoms with E-state index in [9.17, 15) is 0 Å². The van der Waals surface area contributed by atoms with Crippen molar-refractivity contribution in [1.82, 2.24) is 9.73 Å². The Kier molecular flexibility index (Phi) is 0.887. The van der Waals surface area contributed by atoms with Gasteiger partial charge in [0, 0.05) is 12.4 Å². The molecule has 1 N–H and O–H groups in total. The molecule has 0 aliphatic carbocycles. The Morgan fingerprint density at radius 2 is 2.60 bits per heavy atom. The van der Waals surface area contributed by atoms with Crippen molar-refractivity contribution < 1.29 is 4.63 Å². The third-order valence-electron chi connectivity index (χ3n) is 1.34. The highest BCUT2D eigenvalue weighted by Crippen LogP contribution is 2.06. The van der Waals surface area contributed by atoms with Crippen molar-refractivity contribution in [2.24, 2.45) is 0 Å². The van der Waals surface area contributed by atoms with Gasteiger partial charge in [0.15, 0.2) is 5.69 Å². The number of hydrogen-bond acceptors (Lipinski definition) is 3. The van der Waals surface area contributed by atoms with Crippen LogP contribution < -0.4 is 0 Å². The maximum atomic E-state index is 6.92. The van der Waals surface area contributed by atoms with Crippen LogP contribution in [0.1, 0.15) is 5.69 Å². The van der Waals surface area contributed by atoms with Crippen LogP contribution in [-0.4, -0.2) is 15.9 Å². The zero-order valence-electron chi connectivity index (χ0n) is 5.11. The van der Waals surface area contributed by atoms with Gasteiger partial charge in [-0.3, -0.25) is 4.63 Å². The van der Waals surface area contributed by atoms with Crippen LogP contribution in [0, 0.1) is 5.41 Å². The summed E-state index contributed by atoms with van der Waals surface area (Å²) < 4.78 is 6.31. The monoisotopic (exact) mass is 135 g/mol. The molecule has 0 fully saturated rings. The molecule has 0 aliphatic rings. The van der Waals surface area contributed by atoms with Crippen molar-refractivity contribution in [2.45, 2.75) is 0 Å². The van der Waals surface area contributed by atoms with Crippen LogP contribution >= 0.6 is 0 Å². The molecule has 0 spiro atoms. The number of hydrogen-bond donors (Lipinski definition) is 1. The molecule has 2 heterocycles. The Morgan fingerprint density at radius 1 is 1.70 bits per heavy atom. The molecule has 10 heavy (non-hydrogen) atoms. The van der Waals surface area contributed by atoms with E-state index in [2.05, 4.69) is 5.16 Å². The van der Waals surface area contributed by atoms with Gasteiger partial charge < -0.3 is 5.41 Å². The molecule has 0 radical (unpaired) electrons. The first-order chi connectivity index (χ1) is 4.92. The van der Waals surface area contributed by atoms with Gasteiger partial charge in [0.2, 0.25) is 0 Å². The molecule has 0 atom stereocenters. The average molecular weight is 135 g/mol. The van der Waals surface area contributed by atoms with E-state index in [0.29, 0.717) is 5.69 Å². The standard InChI is InChI=1S/C6H5N3O/c7-4-5-6-2-1-3-9(6)10-8-5/h1-4,7H. The molecule has 0 amide bonds. The first-order valence-corrected chi connectivity index (χ1v) is 2.85. The van der Waals surface area contributed by atoms with Crippen molar-refractivity contribution in [1.29, 1.82) is 5.41 Å². The van der Waals surface area contributed by atoms with E-state index in [1.165, 1.54) is 10.8 Å². The fraction of sp³-hybridized carbons (Fsp3) is 0. The van der Waals surface area contributed by atoms with Crippen molar-refractivity contribution in [3.8, 4) is 0 Å². The zero-order valence-corrected chi connectivity index (χ0v) is 5.11. The lowest BCUT2D eigenvalue weighted by atomic mass is 10.4. The van der Waals surface area contributed by atoms with Gasteiger partial charge in [0.1, 0.15) is 5.52 Å². The molecule has 0 saturated heterocycles. The minimum Gasteiger partial charge on any atom is -0.306 e. The Labute approximate surface area is 56.5 Å². The third kappa shape index (κ3) is 0.500. The van der Waals surface area contributed by atoms with Crippen LogP contribution in [0.5, 0.6) is 0 Å². The van der Waals surface area contributed by atoms with E-state index in [1.807, 2.05) is 12.1 Å². The second-order valence-corrected chi connectivity index (χ2v) is 1.92. The minimum atomic E-state index is 0.560. The second kappa shape index (κ2) is 1.70.